The van der Waals surface area contributed by atoms with Crippen molar-refractivity contribution in [3.8, 4) is 17.3 Å². The number of halogens is 1. The lowest BCUT2D eigenvalue weighted by Gasteiger charge is -2.18. The Morgan fingerprint density at radius 3 is 2.65 bits per heavy atom. The third-order valence-electron chi connectivity index (χ3n) is 5.30. The highest BCUT2D eigenvalue weighted by molar-refractivity contribution is 7.89. The van der Waals surface area contributed by atoms with Crippen LogP contribution in [0.3, 0.4) is 0 Å². The molecule has 2 aromatic carbocycles. The number of anilines is 1. The van der Waals surface area contributed by atoms with E-state index in [2.05, 4.69) is 15.4 Å². The van der Waals surface area contributed by atoms with Crippen LogP contribution < -0.4 is 10.8 Å². The highest BCUT2D eigenvalue weighted by atomic mass is 35.5. The standard InChI is InChI=1S/C23H20BClN6O2S/c1-30(34(32,33)17-9-7-16(14-26)8-10-17)12-4-11-27-22-13-21(18-5-2-3-6-20(18)25)29-23-19(24)15-28-31(22)23/h2-3,5-10,13,15,27H,4,11-12H2,1H3. The van der Waals surface area contributed by atoms with E-state index >= 15 is 0 Å². The molecule has 170 valence electrons. The van der Waals surface area contributed by atoms with Crippen molar-refractivity contribution in [2.45, 2.75) is 11.3 Å². The zero-order valence-corrected chi connectivity index (χ0v) is 19.9. The Morgan fingerprint density at radius 1 is 1.21 bits per heavy atom. The first kappa shape index (κ1) is 23.8. The van der Waals surface area contributed by atoms with Gasteiger partial charge < -0.3 is 5.32 Å². The summed E-state index contributed by atoms with van der Waals surface area (Å²) in [6.07, 6.45) is 2.07. The number of nitrogens with zero attached hydrogens (tertiary/aromatic N) is 5. The van der Waals surface area contributed by atoms with Crippen LogP contribution in [0.2, 0.25) is 5.02 Å². The minimum Gasteiger partial charge on any atom is -0.370 e. The molecule has 0 aliphatic heterocycles. The molecule has 0 unspecified atom stereocenters. The number of benzene rings is 2. The molecule has 0 amide bonds. The molecule has 0 aliphatic carbocycles. The lowest BCUT2D eigenvalue weighted by molar-refractivity contribution is 0.465. The normalized spacial score (nSPS) is 11.6. The molecule has 34 heavy (non-hydrogen) atoms. The Bertz CT molecular complexity index is 1480. The Kier molecular flexibility index (Phi) is 6.88. The minimum atomic E-state index is -3.65. The third kappa shape index (κ3) is 4.77. The van der Waals surface area contributed by atoms with Gasteiger partial charge in [0.15, 0.2) is 5.65 Å². The Hall–Kier alpha value is -3.39. The second-order valence-corrected chi connectivity index (χ2v) is 10.0. The summed E-state index contributed by atoms with van der Waals surface area (Å²) in [5.74, 6) is 0.661. The fraction of sp³-hybridized carbons (Fsp3) is 0.174. The Balaban J connectivity index is 1.47. The van der Waals surface area contributed by atoms with Crippen LogP contribution in [0.1, 0.15) is 12.0 Å². The van der Waals surface area contributed by atoms with Crippen LogP contribution in [-0.4, -0.2) is 55.3 Å². The summed E-state index contributed by atoms with van der Waals surface area (Å²) >= 11 is 6.36. The first-order valence-electron chi connectivity index (χ1n) is 10.4. The highest BCUT2D eigenvalue weighted by Gasteiger charge is 2.20. The second kappa shape index (κ2) is 9.85. The molecular formula is C23H20BClN6O2S. The van der Waals surface area contributed by atoms with Crippen LogP contribution in [0.15, 0.2) is 65.7 Å². The van der Waals surface area contributed by atoms with Gasteiger partial charge in [0, 0.05) is 43.0 Å². The topological polar surface area (TPSA) is 103 Å². The van der Waals surface area contributed by atoms with E-state index in [9.17, 15) is 8.42 Å². The first-order chi connectivity index (χ1) is 16.3. The van der Waals surface area contributed by atoms with Gasteiger partial charge in [0.25, 0.3) is 0 Å². The number of fused-ring (bicyclic) bond motifs is 1. The van der Waals surface area contributed by atoms with E-state index in [1.54, 1.807) is 10.6 Å². The fourth-order valence-electron chi connectivity index (χ4n) is 3.43. The zero-order chi connectivity index (χ0) is 24.3. The van der Waals surface area contributed by atoms with E-state index < -0.39 is 10.0 Å². The molecule has 1 N–H and O–H groups in total. The van der Waals surface area contributed by atoms with Crippen molar-refractivity contribution in [3.05, 3.63) is 71.4 Å². The van der Waals surface area contributed by atoms with Gasteiger partial charge >= 0.3 is 0 Å². The van der Waals surface area contributed by atoms with Crippen molar-refractivity contribution in [1.82, 2.24) is 18.9 Å². The van der Waals surface area contributed by atoms with Gasteiger partial charge in [0.05, 0.1) is 22.2 Å². The maximum absolute atomic E-state index is 12.8. The van der Waals surface area contributed by atoms with Crippen LogP contribution in [0.4, 0.5) is 5.82 Å². The maximum atomic E-state index is 12.8. The quantitative estimate of drug-likeness (QED) is 0.301. The van der Waals surface area contributed by atoms with Gasteiger partial charge in [-0.2, -0.15) is 14.9 Å². The minimum absolute atomic E-state index is 0.147. The van der Waals surface area contributed by atoms with Crippen LogP contribution in [0.5, 0.6) is 0 Å². The van der Waals surface area contributed by atoms with Crippen molar-refractivity contribution in [2.75, 3.05) is 25.5 Å². The monoisotopic (exact) mass is 490 g/mol. The van der Waals surface area contributed by atoms with Crippen LogP contribution in [0, 0.1) is 11.3 Å². The van der Waals surface area contributed by atoms with E-state index in [4.69, 9.17) is 24.7 Å². The predicted octanol–water partition coefficient (Wildman–Crippen LogP) is 2.84. The van der Waals surface area contributed by atoms with Gasteiger partial charge in [0.2, 0.25) is 10.0 Å². The van der Waals surface area contributed by atoms with Crippen LogP contribution in [0.25, 0.3) is 16.9 Å². The molecule has 11 heteroatoms. The highest BCUT2D eigenvalue weighted by Crippen LogP contribution is 2.28. The second-order valence-electron chi connectivity index (χ2n) is 7.58. The van der Waals surface area contributed by atoms with Crippen molar-refractivity contribution in [2.24, 2.45) is 0 Å². The summed E-state index contributed by atoms with van der Waals surface area (Å²) in [4.78, 5) is 4.75. The first-order valence-corrected chi connectivity index (χ1v) is 12.2. The maximum Gasteiger partial charge on any atom is 0.242 e. The Labute approximate surface area is 204 Å². The number of sulfonamides is 1. The molecule has 0 atom stereocenters. The van der Waals surface area contributed by atoms with E-state index in [1.807, 2.05) is 30.3 Å². The predicted molar refractivity (Wildman–Crippen MR) is 133 cm³/mol. The van der Waals surface area contributed by atoms with Crippen molar-refractivity contribution in [3.63, 3.8) is 0 Å². The molecule has 4 aromatic rings. The molecule has 2 heterocycles. The molecule has 4 rings (SSSR count). The molecule has 8 nitrogen and oxygen atoms in total. The lowest BCUT2D eigenvalue weighted by atomic mass is 10.0. The Morgan fingerprint density at radius 2 is 1.94 bits per heavy atom. The van der Waals surface area contributed by atoms with Gasteiger partial charge in [0.1, 0.15) is 13.7 Å². The van der Waals surface area contributed by atoms with E-state index in [0.717, 1.165) is 5.56 Å². The molecule has 0 aliphatic rings. The van der Waals surface area contributed by atoms with Crippen molar-refractivity contribution >= 4 is 46.4 Å². The average molecular weight is 491 g/mol. The number of hydrogen-bond donors (Lipinski definition) is 1. The summed E-state index contributed by atoms with van der Waals surface area (Å²) in [5, 5.41) is 17.1. The number of nitriles is 1. The van der Waals surface area contributed by atoms with Crippen molar-refractivity contribution in [1.29, 1.82) is 5.26 Å². The molecular weight excluding hydrogens is 471 g/mol. The lowest BCUT2D eigenvalue weighted by Crippen LogP contribution is -2.29. The van der Waals surface area contributed by atoms with E-state index in [1.165, 1.54) is 41.8 Å². The molecule has 0 saturated carbocycles. The fourth-order valence-corrected chi connectivity index (χ4v) is 4.87. The summed E-state index contributed by atoms with van der Waals surface area (Å²) in [5.41, 5.74) is 2.76. The van der Waals surface area contributed by atoms with Gasteiger partial charge in [-0.25, -0.2) is 17.7 Å². The van der Waals surface area contributed by atoms with Gasteiger partial charge in [-0.05, 0) is 42.2 Å². The SMILES string of the molecule is [B]c1cnn2c(NCCCN(C)S(=O)(=O)c3ccc(C#N)cc3)cc(-c3ccccc3Cl)nc12. The summed E-state index contributed by atoms with van der Waals surface area (Å²) in [6, 6.07) is 17.1. The number of hydrogen-bond acceptors (Lipinski definition) is 6. The van der Waals surface area contributed by atoms with Crippen LogP contribution in [-0.2, 0) is 10.0 Å². The molecule has 0 bridgehead atoms. The number of aromatic nitrogens is 3. The summed E-state index contributed by atoms with van der Waals surface area (Å²) in [6.45, 7) is 0.774. The smallest absolute Gasteiger partial charge is 0.242 e. The molecule has 0 saturated heterocycles. The molecule has 0 fully saturated rings. The van der Waals surface area contributed by atoms with Gasteiger partial charge in [-0.15, -0.1) is 0 Å². The zero-order valence-electron chi connectivity index (χ0n) is 18.3. The van der Waals surface area contributed by atoms with E-state index in [-0.39, 0.29) is 4.90 Å². The number of rotatable bonds is 8. The van der Waals surface area contributed by atoms with Gasteiger partial charge in [-0.3, -0.25) is 0 Å². The average Bonchev–Trinajstić information content (AvgIpc) is 3.22. The summed E-state index contributed by atoms with van der Waals surface area (Å²) in [7, 11) is 3.93. The number of nitrogens with one attached hydrogen (secondary N) is 1. The summed E-state index contributed by atoms with van der Waals surface area (Å²) < 4.78 is 28.5. The third-order valence-corrected chi connectivity index (χ3v) is 7.50. The van der Waals surface area contributed by atoms with E-state index in [0.29, 0.717) is 52.7 Å². The molecule has 0 spiro atoms. The molecule has 2 aromatic heterocycles. The van der Waals surface area contributed by atoms with Crippen molar-refractivity contribution < 1.29 is 8.42 Å². The molecule has 2 radical (unpaired) electrons. The van der Waals surface area contributed by atoms with Gasteiger partial charge in [-0.1, -0.05) is 29.8 Å². The van der Waals surface area contributed by atoms with Crippen LogP contribution >= 0.6 is 11.6 Å². The largest absolute Gasteiger partial charge is 0.370 e.